The molecule has 31 heavy (non-hydrogen) atoms. The summed E-state index contributed by atoms with van der Waals surface area (Å²) in [5.41, 5.74) is -1.44. The molecule has 3 N–H and O–H groups in total. The van der Waals surface area contributed by atoms with Crippen molar-refractivity contribution in [2.45, 2.75) is 25.8 Å². The number of carbonyl (C=O) groups excluding carboxylic acids is 1. The van der Waals surface area contributed by atoms with E-state index in [2.05, 4.69) is 9.71 Å². The Kier molecular flexibility index (Phi) is 6.01. The van der Waals surface area contributed by atoms with Crippen molar-refractivity contribution in [3.05, 3.63) is 82.2 Å². The Morgan fingerprint density at radius 3 is 2.23 bits per heavy atom. The lowest BCUT2D eigenvalue weighted by atomic mass is 9.64. The highest BCUT2D eigenvalue weighted by atomic mass is 35.5. The monoisotopic (exact) mass is 462 g/mol. The summed E-state index contributed by atoms with van der Waals surface area (Å²) in [7, 11) is -3.70. The SMILES string of the molecule is CC1(NS(C)(=O)=O)C=C(C(=O)O)C(C)(Cc2ccc[nH]2)C(C(=O)c2ccc(Cl)cc2)=C1. The first kappa shape index (κ1) is 23.0. The van der Waals surface area contributed by atoms with E-state index in [1.165, 1.54) is 19.1 Å². The van der Waals surface area contributed by atoms with E-state index >= 15 is 0 Å². The van der Waals surface area contributed by atoms with Gasteiger partial charge in [0, 0.05) is 45.5 Å². The number of H-pyrrole nitrogens is 1. The summed E-state index contributed by atoms with van der Waals surface area (Å²) < 4.78 is 26.4. The number of aromatic nitrogens is 1. The molecule has 1 aliphatic carbocycles. The maximum atomic E-state index is 13.6. The number of rotatable bonds is 7. The van der Waals surface area contributed by atoms with E-state index in [9.17, 15) is 23.1 Å². The van der Waals surface area contributed by atoms with Crippen LogP contribution in [-0.4, -0.2) is 42.1 Å². The number of nitrogens with one attached hydrogen (secondary N) is 2. The number of hydrogen-bond donors (Lipinski definition) is 3. The number of carboxylic acid groups (broad SMARTS) is 1. The standard InChI is InChI=1S/C22H23ClN2O5S/c1-21(25-31(3,29)30)12-17(19(26)14-6-8-15(23)9-7-14)22(2,18(13-21)20(27)28)11-16-5-4-10-24-16/h4-10,12-13,24-25H,11H2,1-3H3,(H,27,28). The lowest BCUT2D eigenvalue weighted by Gasteiger charge is -2.40. The van der Waals surface area contributed by atoms with Crippen molar-refractivity contribution in [2.24, 2.45) is 5.41 Å². The van der Waals surface area contributed by atoms with Crippen molar-refractivity contribution >= 4 is 33.4 Å². The molecule has 0 bridgehead atoms. The smallest absolute Gasteiger partial charge is 0.332 e. The predicted octanol–water partition coefficient (Wildman–Crippen LogP) is 3.36. The van der Waals surface area contributed by atoms with Gasteiger partial charge >= 0.3 is 5.97 Å². The molecule has 9 heteroatoms. The molecular formula is C22H23ClN2O5S. The summed E-state index contributed by atoms with van der Waals surface area (Å²) >= 11 is 5.94. The summed E-state index contributed by atoms with van der Waals surface area (Å²) in [6, 6.07) is 9.84. The molecule has 164 valence electrons. The van der Waals surface area contributed by atoms with Crippen LogP contribution in [0.4, 0.5) is 0 Å². The molecule has 0 saturated carbocycles. The first-order valence-corrected chi connectivity index (χ1v) is 11.7. The molecule has 0 radical (unpaired) electrons. The number of ketones is 1. The van der Waals surface area contributed by atoms with Crippen LogP contribution < -0.4 is 4.72 Å². The number of Topliss-reactive ketones (excluding diaryl/α,β-unsaturated/α-hetero) is 1. The Bertz CT molecular complexity index is 1180. The molecule has 7 nitrogen and oxygen atoms in total. The van der Waals surface area contributed by atoms with Gasteiger partial charge in [0.2, 0.25) is 10.0 Å². The molecule has 0 amide bonds. The minimum atomic E-state index is -3.70. The second-order valence-corrected chi connectivity index (χ2v) is 10.3. The first-order chi connectivity index (χ1) is 14.3. The highest BCUT2D eigenvalue weighted by Gasteiger charge is 2.46. The number of carboxylic acids is 1. The van der Waals surface area contributed by atoms with Crippen molar-refractivity contribution in [3.8, 4) is 0 Å². The minimum Gasteiger partial charge on any atom is -0.478 e. The molecule has 2 aromatic rings. The third kappa shape index (κ3) is 4.98. The van der Waals surface area contributed by atoms with Crippen LogP contribution in [0.2, 0.25) is 5.02 Å². The van der Waals surface area contributed by atoms with Gasteiger partial charge in [-0.3, -0.25) is 4.79 Å². The van der Waals surface area contributed by atoms with Crippen LogP contribution in [0.1, 0.15) is 29.9 Å². The number of allylic oxidation sites excluding steroid dienone is 1. The second-order valence-electron chi connectivity index (χ2n) is 8.12. The van der Waals surface area contributed by atoms with Crippen molar-refractivity contribution in [2.75, 3.05) is 6.26 Å². The number of hydrogen-bond acceptors (Lipinski definition) is 4. The maximum Gasteiger partial charge on any atom is 0.332 e. The Balaban J connectivity index is 2.22. The second kappa shape index (κ2) is 8.11. The summed E-state index contributed by atoms with van der Waals surface area (Å²) in [5, 5.41) is 10.5. The summed E-state index contributed by atoms with van der Waals surface area (Å²) in [6.45, 7) is 3.19. The summed E-state index contributed by atoms with van der Waals surface area (Å²) in [4.78, 5) is 28.9. The molecule has 2 atom stereocenters. The van der Waals surface area contributed by atoms with Crippen molar-refractivity contribution in [1.82, 2.24) is 9.71 Å². The average Bonchev–Trinajstić information content (AvgIpc) is 3.15. The van der Waals surface area contributed by atoms with Gasteiger partial charge in [0.05, 0.1) is 11.8 Å². The molecule has 2 unspecified atom stereocenters. The molecule has 0 spiro atoms. The largest absolute Gasteiger partial charge is 0.478 e. The molecule has 3 rings (SSSR count). The molecule has 0 saturated heterocycles. The van der Waals surface area contributed by atoms with Gasteiger partial charge in [0.25, 0.3) is 0 Å². The molecule has 1 aromatic carbocycles. The van der Waals surface area contributed by atoms with E-state index in [1.54, 1.807) is 49.5 Å². The Morgan fingerprint density at radius 1 is 1.10 bits per heavy atom. The lowest BCUT2D eigenvalue weighted by molar-refractivity contribution is -0.133. The van der Waals surface area contributed by atoms with E-state index in [4.69, 9.17) is 11.6 Å². The third-order valence-electron chi connectivity index (χ3n) is 5.27. The molecule has 1 aromatic heterocycles. The number of carbonyl (C=O) groups is 2. The van der Waals surface area contributed by atoms with Crippen LogP contribution in [0.5, 0.6) is 0 Å². The normalized spacial score (nSPS) is 23.7. The average molecular weight is 463 g/mol. The van der Waals surface area contributed by atoms with Gasteiger partial charge in [0.15, 0.2) is 5.78 Å². The van der Waals surface area contributed by atoms with Gasteiger partial charge < -0.3 is 10.1 Å². The minimum absolute atomic E-state index is 0.0689. The molecule has 1 heterocycles. The van der Waals surface area contributed by atoms with E-state index in [-0.39, 0.29) is 17.6 Å². The van der Waals surface area contributed by atoms with E-state index in [1.807, 2.05) is 0 Å². The van der Waals surface area contributed by atoms with Gasteiger partial charge in [-0.15, -0.1) is 0 Å². The Hall–Kier alpha value is -2.68. The predicted molar refractivity (Wildman–Crippen MR) is 119 cm³/mol. The van der Waals surface area contributed by atoms with Gasteiger partial charge in [-0.2, -0.15) is 0 Å². The van der Waals surface area contributed by atoms with Crippen LogP contribution >= 0.6 is 11.6 Å². The zero-order chi connectivity index (χ0) is 23.0. The zero-order valence-corrected chi connectivity index (χ0v) is 18.8. The van der Waals surface area contributed by atoms with Crippen molar-refractivity contribution in [3.63, 3.8) is 0 Å². The van der Waals surface area contributed by atoms with Crippen LogP contribution in [0.25, 0.3) is 0 Å². The highest BCUT2D eigenvalue weighted by Crippen LogP contribution is 2.45. The number of aliphatic carboxylic acids is 1. The third-order valence-corrected chi connectivity index (χ3v) is 6.33. The first-order valence-electron chi connectivity index (χ1n) is 9.44. The number of benzene rings is 1. The number of halogens is 1. The summed E-state index contributed by atoms with van der Waals surface area (Å²) in [6.07, 6.45) is 5.76. The topological polar surface area (TPSA) is 116 Å². The highest BCUT2D eigenvalue weighted by molar-refractivity contribution is 7.88. The van der Waals surface area contributed by atoms with Gasteiger partial charge in [-0.1, -0.05) is 24.6 Å². The van der Waals surface area contributed by atoms with Gasteiger partial charge in [-0.05, 0) is 49.4 Å². The fourth-order valence-corrected chi connectivity index (χ4v) is 5.03. The fourth-order valence-electron chi connectivity index (χ4n) is 3.98. The zero-order valence-electron chi connectivity index (χ0n) is 17.3. The van der Waals surface area contributed by atoms with Crippen LogP contribution in [0.3, 0.4) is 0 Å². The fraction of sp³-hybridized carbons (Fsp3) is 0.273. The molecular weight excluding hydrogens is 440 g/mol. The van der Waals surface area contributed by atoms with Crippen LogP contribution in [0.15, 0.2) is 65.9 Å². The Morgan fingerprint density at radius 2 is 1.71 bits per heavy atom. The molecule has 0 aliphatic heterocycles. The van der Waals surface area contributed by atoms with Crippen molar-refractivity contribution in [1.29, 1.82) is 0 Å². The quantitative estimate of drug-likeness (QED) is 0.545. The van der Waals surface area contributed by atoms with E-state index < -0.39 is 32.7 Å². The van der Waals surface area contributed by atoms with Crippen LogP contribution in [-0.2, 0) is 21.2 Å². The molecule has 1 aliphatic rings. The van der Waals surface area contributed by atoms with Crippen molar-refractivity contribution < 1.29 is 23.1 Å². The summed E-state index contributed by atoms with van der Waals surface area (Å²) in [5.74, 6) is -1.64. The van der Waals surface area contributed by atoms with Gasteiger partial charge in [0.1, 0.15) is 0 Å². The van der Waals surface area contributed by atoms with Gasteiger partial charge in [-0.25, -0.2) is 17.9 Å². The van der Waals surface area contributed by atoms with Crippen LogP contribution in [0, 0.1) is 5.41 Å². The van der Waals surface area contributed by atoms with E-state index in [0.717, 1.165) is 11.9 Å². The number of sulfonamides is 1. The Labute approximate surface area is 185 Å². The van der Waals surface area contributed by atoms with E-state index in [0.29, 0.717) is 10.6 Å². The maximum absolute atomic E-state index is 13.6. The number of aromatic amines is 1. The lowest BCUT2D eigenvalue weighted by Crippen LogP contribution is -2.48. The molecule has 0 fully saturated rings.